The van der Waals surface area contributed by atoms with Crippen molar-refractivity contribution in [2.45, 2.75) is 26.2 Å². The maximum atomic E-state index is 5.09. The molecule has 27 heavy (non-hydrogen) atoms. The van der Waals surface area contributed by atoms with Gasteiger partial charge >= 0.3 is 0 Å². The summed E-state index contributed by atoms with van der Waals surface area (Å²) in [6.07, 6.45) is 3.51. The number of unbranched alkanes of at least 4 members (excludes halogenated alkanes) is 1. The van der Waals surface area contributed by atoms with Crippen LogP contribution in [0, 0.1) is 0 Å². The van der Waals surface area contributed by atoms with Gasteiger partial charge in [-0.3, -0.25) is 4.99 Å². The second-order valence-corrected chi connectivity index (χ2v) is 7.06. The third kappa shape index (κ3) is 13.6. The van der Waals surface area contributed by atoms with Crippen LogP contribution < -0.4 is 10.6 Å². The molecule has 0 atom stereocenters. The second-order valence-electron chi connectivity index (χ2n) is 7.06. The van der Waals surface area contributed by atoms with Crippen molar-refractivity contribution >= 4 is 29.9 Å². The molecule has 0 aromatic carbocycles. The Kier molecular flexibility index (Phi) is 17.8. The number of ether oxygens (including phenoxy) is 1. The summed E-state index contributed by atoms with van der Waals surface area (Å²) in [4.78, 5) is 11.7. The largest absolute Gasteiger partial charge is 0.385 e. The zero-order chi connectivity index (χ0) is 19.0. The zero-order valence-corrected chi connectivity index (χ0v) is 20.3. The molecule has 1 saturated heterocycles. The molecule has 1 heterocycles. The number of methoxy groups -OCH3 is 1. The molecular weight excluding hydrogens is 455 g/mol. The van der Waals surface area contributed by atoms with E-state index in [1.807, 2.05) is 7.05 Å². The van der Waals surface area contributed by atoms with Crippen LogP contribution in [0.4, 0.5) is 0 Å². The summed E-state index contributed by atoms with van der Waals surface area (Å²) >= 11 is 0. The number of likely N-dealkylation sites (N-methyl/N-ethyl adjacent to an activating group) is 2. The van der Waals surface area contributed by atoms with E-state index in [2.05, 4.69) is 44.3 Å². The molecule has 7 nitrogen and oxygen atoms in total. The highest BCUT2D eigenvalue weighted by Crippen LogP contribution is 2.02. The Morgan fingerprint density at radius 2 is 1.67 bits per heavy atom. The Morgan fingerprint density at radius 1 is 1.00 bits per heavy atom. The summed E-state index contributed by atoms with van der Waals surface area (Å²) in [5, 5.41) is 6.82. The lowest BCUT2D eigenvalue weighted by Crippen LogP contribution is -2.46. The first-order valence-corrected chi connectivity index (χ1v) is 10.3. The number of rotatable bonds is 13. The fourth-order valence-corrected chi connectivity index (χ4v) is 3.17. The van der Waals surface area contributed by atoms with E-state index in [9.17, 15) is 0 Å². The zero-order valence-electron chi connectivity index (χ0n) is 18.0. The summed E-state index contributed by atoms with van der Waals surface area (Å²) < 4.78 is 5.09. The molecule has 2 N–H and O–H groups in total. The molecule has 1 rings (SSSR count). The van der Waals surface area contributed by atoms with E-state index in [0.29, 0.717) is 0 Å². The maximum Gasteiger partial charge on any atom is 0.191 e. The highest BCUT2D eigenvalue weighted by atomic mass is 127. The smallest absolute Gasteiger partial charge is 0.191 e. The Bertz CT molecular complexity index is 364. The van der Waals surface area contributed by atoms with Crippen molar-refractivity contribution in [3.8, 4) is 0 Å². The van der Waals surface area contributed by atoms with E-state index >= 15 is 0 Å². The summed E-state index contributed by atoms with van der Waals surface area (Å²) in [5.41, 5.74) is 0. The predicted molar refractivity (Wildman–Crippen MR) is 127 cm³/mol. The van der Waals surface area contributed by atoms with Crippen LogP contribution in [0.15, 0.2) is 4.99 Å². The first-order chi connectivity index (χ1) is 12.7. The van der Waals surface area contributed by atoms with E-state index in [0.717, 1.165) is 45.2 Å². The van der Waals surface area contributed by atoms with Crippen molar-refractivity contribution in [1.29, 1.82) is 0 Å². The summed E-state index contributed by atoms with van der Waals surface area (Å²) in [6.45, 7) is 14.4. The van der Waals surface area contributed by atoms with Gasteiger partial charge in [0.05, 0.1) is 0 Å². The Balaban J connectivity index is 0.00000676. The number of nitrogens with one attached hydrogen (secondary N) is 2. The Morgan fingerprint density at radius 3 is 2.30 bits per heavy atom. The van der Waals surface area contributed by atoms with Gasteiger partial charge < -0.3 is 30.1 Å². The van der Waals surface area contributed by atoms with Gasteiger partial charge in [-0.25, -0.2) is 0 Å². The van der Waals surface area contributed by atoms with Crippen molar-refractivity contribution in [3.05, 3.63) is 0 Å². The molecule has 0 aromatic rings. The van der Waals surface area contributed by atoms with E-state index in [-0.39, 0.29) is 24.0 Å². The van der Waals surface area contributed by atoms with Gasteiger partial charge in [-0.15, -0.1) is 24.0 Å². The molecule has 0 radical (unpaired) electrons. The highest BCUT2D eigenvalue weighted by molar-refractivity contribution is 14.0. The topological polar surface area (TPSA) is 55.4 Å². The average molecular weight is 498 g/mol. The SMILES string of the molecule is CCN1CCN(CCCCNC(=NC)NCCN(C)CCCOC)CC1.I. The number of piperazine rings is 1. The summed E-state index contributed by atoms with van der Waals surface area (Å²) in [6, 6.07) is 0. The minimum absolute atomic E-state index is 0. The van der Waals surface area contributed by atoms with E-state index in [4.69, 9.17) is 4.74 Å². The molecule has 0 bridgehead atoms. The normalized spacial score (nSPS) is 16.4. The molecule has 0 unspecified atom stereocenters. The van der Waals surface area contributed by atoms with Crippen LogP contribution in [0.3, 0.4) is 0 Å². The molecule has 0 spiro atoms. The number of hydrogen-bond acceptors (Lipinski definition) is 5. The number of guanidine groups is 1. The first kappa shape index (κ1) is 26.8. The molecule has 1 aliphatic rings. The van der Waals surface area contributed by atoms with Crippen molar-refractivity contribution in [3.63, 3.8) is 0 Å². The lowest BCUT2D eigenvalue weighted by atomic mass is 10.2. The number of hydrogen-bond donors (Lipinski definition) is 2. The van der Waals surface area contributed by atoms with Gasteiger partial charge in [0.25, 0.3) is 0 Å². The quantitative estimate of drug-likeness (QED) is 0.172. The maximum absolute atomic E-state index is 5.09. The van der Waals surface area contributed by atoms with Gasteiger partial charge in [-0.1, -0.05) is 6.92 Å². The molecule has 1 aliphatic heterocycles. The van der Waals surface area contributed by atoms with Crippen LogP contribution in [0.25, 0.3) is 0 Å². The van der Waals surface area contributed by atoms with Crippen molar-refractivity contribution < 1.29 is 4.74 Å². The molecular formula is C19H43IN6O. The molecule has 162 valence electrons. The third-order valence-electron chi connectivity index (χ3n) is 5.00. The van der Waals surface area contributed by atoms with E-state index in [1.54, 1.807) is 7.11 Å². The minimum atomic E-state index is 0. The highest BCUT2D eigenvalue weighted by Gasteiger charge is 2.14. The van der Waals surface area contributed by atoms with Crippen LogP contribution in [0.5, 0.6) is 0 Å². The van der Waals surface area contributed by atoms with Gasteiger partial charge in [0.15, 0.2) is 5.96 Å². The second kappa shape index (κ2) is 17.9. The van der Waals surface area contributed by atoms with Crippen molar-refractivity contribution in [2.24, 2.45) is 4.99 Å². The van der Waals surface area contributed by atoms with Crippen LogP contribution in [0.1, 0.15) is 26.2 Å². The van der Waals surface area contributed by atoms with E-state index in [1.165, 1.54) is 52.1 Å². The minimum Gasteiger partial charge on any atom is -0.385 e. The molecule has 8 heteroatoms. The van der Waals surface area contributed by atoms with Crippen molar-refractivity contribution in [1.82, 2.24) is 25.3 Å². The summed E-state index contributed by atoms with van der Waals surface area (Å²) in [5.74, 6) is 0.909. The Hall–Kier alpha value is -0.160. The molecule has 0 saturated carbocycles. The van der Waals surface area contributed by atoms with Crippen LogP contribution in [-0.4, -0.2) is 114 Å². The molecule has 1 fully saturated rings. The van der Waals surface area contributed by atoms with Gasteiger partial charge in [-0.05, 0) is 39.4 Å². The molecule has 0 aromatic heterocycles. The number of nitrogens with zero attached hydrogens (tertiary/aromatic N) is 4. The number of halogens is 1. The van der Waals surface area contributed by atoms with Crippen LogP contribution in [0.2, 0.25) is 0 Å². The lowest BCUT2D eigenvalue weighted by Gasteiger charge is -2.34. The molecule has 0 aliphatic carbocycles. The summed E-state index contributed by atoms with van der Waals surface area (Å²) in [7, 11) is 5.74. The van der Waals surface area contributed by atoms with Crippen molar-refractivity contribution in [2.75, 3.05) is 93.3 Å². The van der Waals surface area contributed by atoms with Crippen LogP contribution >= 0.6 is 24.0 Å². The average Bonchev–Trinajstić information content (AvgIpc) is 2.67. The van der Waals surface area contributed by atoms with Gasteiger partial charge in [0.2, 0.25) is 0 Å². The standard InChI is InChI=1S/C19H42N6O.HI/c1-5-24-14-16-25(17-15-24)12-7-6-9-21-19(20-2)22-10-13-23(3)11-8-18-26-4;/h5-18H2,1-4H3,(H2,20,21,22);1H. The predicted octanol–water partition coefficient (Wildman–Crippen LogP) is 1.16. The van der Waals surface area contributed by atoms with E-state index < -0.39 is 0 Å². The van der Waals surface area contributed by atoms with Gasteiger partial charge in [0.1, 0.15) is 0 Å². The lowest BCUT2D eigenvalue weighted by molar-refractivity contribution is 0.136. The molecule has 0 amide bonds. The third-order valence-corrected chi connectivity index (χ3v) is 5.00. The van der Waals surface area contributed by atoms with Crippen LogP contribution in [-0.2, 0) is 4.74 Å². The van der Waals surface area contributed by atoms with Gasteiger partial charge in [0, 0.05) is 73.1 Å². The first-order valence-electron chi connectivity index (χ1n) is 10.3. The number of aliphatic imine (C=N–C) groups is 1. The monoisotopic (exact) mass is 498 g/mol. The fraction of sp³-hybridized carbons (Fsp3) is 0.947. The Labute approximate surface area is 184 Å². The van der Waals surface area contributed by atoms with Gasteiger partial charge in [-0.2, -0.15) is 0 Å². The fourth-order valence-electron chi connectivity index (χ4n) is 3.17.